The molecule has 1 saturated heterocycles. The smallest absolute Gasteiger partial charge is 0.319 e. The molecule has 7 nitrogen and oxygen atoms in total. The van der Waals surface area contributed by atoms with Crippen LogP contribution in [0, 0.1) is 5.41 Å². The molecule has 0 bridgehead atoms. The summed E-state index contributed by atoms with van der Waals surface area (Å²) in [6.07, 6.45) is 0. The summed E-state index contributed by atoms with van der Waals surface area (Å²) in [5.74, 6) is -0.972. The van der Waals surface area contributed by atoms with Crippen LogP contribution in [0.15, 0.2) is 28.2 Å². The topological polar surface area (TPSA) is 86.2 Å². The third kappa shape index (κ3) is 5.68. The van der Waals surface area contributed by atoms with Crippen LogP contribution in [-0.4, -0.2) is 41.2 Å². The van der Waals surface area contributed by atoms with Gasteiger partial charge in [0.05, 0.1) is 10.0 Å². The molecule has 0 radical (unpaired) electrons. The lowest BCUT2D eigenvalue weighted by molar-refractivity contribution is -0.140. The predicted molar refractivity (Wildman–Crippen MR) is 109 cm³/mol. The van der Waals surface area contributed by atoms with Gasteiger partial charge in [-0.2, -0.15) is 4.99 Å². The normalized spacial score (nSPS) is 17.1. The number of hydrogen-bond donors (Lipinski definition) is 2. The molecular formula is C18H23Cl2N5O2. The number of guanidine groups is 2. The van der Waals surface area contributed by atoms with Crippen molar-refractivity contribution in [3.05, 3.63) is 28.2 Å². The van der Waals surface area contributed by atoms with Gasteiger partial charge in [-0.1, -0.05) is 44.0 Å². The molecular weight excluding hydrogens is 389 g/mol. The van der Waals surface area contributed by atoms with Gasteiger partial charge in [0.2, 0.25) is 11.9 Å². The van der Waals surface area contributed by atoms with E-state index in [0.717, 1.165) is 0 Å². The molecule has 9 heteroatoms. The SMILES string of the molecule is CC(C)N1C(=O)C(=O)N/C1=N\C(=NCC(C)(C)C)Nc1ccc(Cl)c(Cl)c1. The zero-order valence-electron chi connectivity index (χ0n) is 15.9. The average molecular weight is 412 g/mol. The summed E-state index contributed by atoms with van der Waals surface area (Å²) in [6.45, 7) is 10.2. The molecule has 2 rings (SSSR count). The maximum atomic E-state index is 12.0. The Bertz CT molecular complexity index is 812. The van der Waals surface area contributed by atoms with E-state index in [-0.39, 0.29) is 23.4 Å². The van der Waals surface area contributed by atoms with Gasteiger partial charge in [0.25, 0.3) is 0 Å². The number of hydrogen-bond acceptors (Lipinski definition) is 3. The van der Waals surface area contributed by atoms with Crippen molar-refractivity contribution in [1.29, 1.82) is 0 Å². The average Bonchev–Trinajstić information content (AvgIpc) is 2.82. The standard InChI is InChI=1S/C18H23Cl2N5O2/c1-10(2)25-15(27)14(26)23-17(25)24-16(21-9-18(3,4)5)22-11-6-7-12(19)13(20)8-11/h6-8,10H,9H2,1-5H3,(H2,21,22,23,24,26). The van der Waals surface area contributed by atoms with Gasteiger partial charge in [0, 0.05) is 18.3 Å². The van der Waals surface area contributed by atoms with Gasteiger partial charge in [-0.25, -0.2) is 0 Å². The molecule has 27 heavy (non-hydrogen) atoms. The van der Waals surface area contributed by atoms with E-state index >= 15 is 0 Å². The number of amides is 2. The molecule has 1 aliphatic rings. The first-order chi connectivity index (χ1) is 12.5. The Morgan fingerprint density at radius 3 is 2.44 bits per heavy atom. The highest BCUT2D eigenvalue weighted by Gasteiger charge is 2.37. The molecule has 2 N–H and O–H groups in total. The van der Waals surface area contributed by atoms with Crippen molar-refractivity contribution in [2.75, 3.05) is 11.9 Å². The van der Waals surface area contributed by atoms with E-state index < -0.39 is 11.8 Å². The number of carbonyl (C=O) groups excluding carboxylic acids is 2. The molecule has 1 aromatic carbocycles. The molecule has 0 saturated carbocycles. The van der Waals surface area contributed by atoms with Crippen molar-refractivity contribution >= 4 is 52.6 Å². The molecule has 1 aliphatic heterocycles. The molecule has 0 aliphatic carbocycles. The van der Waals surface area contributed by atoms with Gasteiger partial charge in [-0.15, -0.1) is 0 Å². The highest BCUT2D eigenvalue weighted by Crippen LogP contribution is 2.25. The van der Waals surface area contributed by atoms with E-state index in [1.165, 1.54) is 4.90 Å². The van der Waals surface area contributed by atoms with Crippen LogP contribution in [0.2, 0.25) is 10.0 Å². The Morgan fingerprint density at radius 1 is 1.22 bits per heavy atom. The molecule has 1 fully saturated rings. The lowest BCUT2D eigenvalue weighted by Crippen LogP contribution is -2.39. The van der Waals surface area contributed by atoms with E-state index in [9.17, 15) is 9.59 Å². The number of aliphatic imine (C=N–C) groups is 2. The zero-order valence-corrected chi connectivity index (χ0v) is 17.4. The Labute approximate surface area is 168 Å². The second kappa shape index (κ2) is 8.27. The molecule has 146 valence electrons. The van der Waals surface area contributed by atoms with Crippen molar-refractivity contribution in [2.45, 2.75) is 40.7 Å². The third-order valence-corrected chi connectivity index (χ3v) is 4.21. The van der Waals surface area contributed by atoms with Gasteiger partial charge in [0.1, 0.15) is 0 Å². The van der Waals surface area contributed by atoms with Gasteiger partial charge >= 0.3 is 11.8 Å². The second-order valence-corrected chi connectivity index (χ2v) is 8.43. The summed E-state index contributed by atoms with van der Waals surface area (Å²) in [5.41, 5.74) is 0.560. The van der Waals surface area contributed by atoms with Crippen LogP contribution in [0.25, 0.3) is 0 Å². The molecule has 0 aromatic heterocycles. The number of rotatable bonds is 3. The molecule has 0 atom stereocenters. The lowest BCUT2D eigenvalue weighted by atomic mass is 9.97. The van der Waals surface area contributed by atoms with Gasteiger partial charge in [-0.3, -0.25) is 24.8 Å². The fraction of sp³-hybridized carbons (Fsp3) is 0.444. The molecule has 1 aromatic rings. The summed E-state index contributed by atoms with van der Waals surface area (Å²) in [6, 6.07) is 4.81. The van der Waals surface area contributed by atoms with Gasteiger partial charge in [-0.05, 0) is 37.5 Å². The lowest BCUT2D eigenvalue weighted by Gasteiger charge is -2.20. The molecule has 0 spiro atoms. The minimum Gasteiger partial charge on any atom is -0.324 e. The zero-order chi connectivity index (χ0) is 20.4. The van der Waals surface area contributed by atoms with Crippen molar-refractivity contribution in [1.82, 2.24) is 10.2 Å². The number of anilines is 1. The number of nitrogens with zero attached hydrogens (tertiary/aromatic N) is 3. The first-order valence-corrected chi connectivity index (χ1v) is 9.23. The maximum absolute atomic E-state index is 12.0. The van der Waals surface area contributed by atoms with Crippen molar-refractivity contribution in [3.63, 3.8) is 0 Å². The summed E-state index contributed by atoms with van der Waals surface area (Å²) >= 11 is 12.0. The Hall–Kier alpha value is -2.12. The van der Waals surface area contributed by atoms with Crippen LogP contribution >= 0.6 is 23.2 Å². The van der Waals surface area contributed by atoms with Crippen LogP contribution in [-0.2, 0) is 9.59 Å². The Balaban J connectivity index is 2.38. The number of benzene rings is 1. The fourth-order valence-electron chi connectivity index (χ4n) is 2.20. The van der Waals surface area contributed by atoms with Crippen molar-refractivity contribution in [3.8, 4) is 0 Å². The molecule has 1 heterocycles. The van der Waals surface area contributed by atoms with Crippen molar-refractivity contribution < 1.29 is 9.59 Å². The van der Waals surface area contributed by atoms with Crippen LogP contribution in [0.1, 0.15) is 34.6 Å². The van der Waals surface area contributed by atoms with Crippen LogP contribution in [0.3, 0.4) is 0 Å². The van der Waals surface area contributed by atoms with E-state index in [2.05, 4.69) is 20.6 Å². The highest BCUT2D eigenvalue weighted by molar-refractivity contribution is 6.46. The fourth-order valence-corrected chi connectivity index (χ4v) is 2.50. The van der Waals surface area contributed by atoms with Crippen LogP contribution in [0.5, 0.6) is 0 Å². The minimum absolute atomic E-state index is 0.0722. The van der Waals surface area contributed by atoms with Gasteiger partial charge in [0.15, 0.2) is 0 Å². The van der Waals surface area contributed by atoms with E-state index in [0.29, 0.717) is 22.3 Å². The predicted octanol–water partition coefficient (Wildman–Crippen LogP) is 3.53. The van der Waals surface area contributed by atoms with Crippen LogP contribution in [0.4, 0.5) is 5.69 Å². The minimum atomic E-state index is -0.716. The van der Waals surface area contributed by atoms with Gasteiger partial charge < -0.3 is 5.32 Å². The van der Waals surface area contributed by atoms with E-state index in [1.807, 2.05) is 20.8 Å². The molecule has 2 amide bonds. The number of halogens is 2. The summed E-state index contributed by atoms with van der Waals surface area (Å²) in [7, 11) is 0. The third-order valence-electron chi connectivity index (χ3n) is 3.47. The number of carbonyl (C=O) groups is 2. The van der Waals surface area contributed by atoms with E-state index in [1.54, 1.807) is 32.0 Å². The first kappa shape index (κ1) is 21.2. The maximum Gasteiger partial charge on any atom is 0.319 e. The molecule has 0 unspecified atom stereocenters. The van der Waals surface area contributed by atoms with Crippen LogP contribution < -0.4 is 10.6 Å². The summed E-state index contributed by atoms with van der Waals surface area (Å²) in [4.78, 5) is 34.0. The largest absolute Gasteiger partial charge is 0.324 e. The first-order valence-electron chi connectivity index (χ1n) is 8.47. The monoisotopic (exact) mass is 411 g/mol. The highest BCUT2D eigenvalue weighted by atomic mass is 35.5. The quantitative estimate of drug-likeness (QED) is 0.453. The Kier molecular flexibility index (Phi) is 6.49. The number of nitrogens with one attached hydrogen (secondary N) is 2. The van der Waals surface area contributed by atoms with E-state index in [4.69, 9.17) is 23.2 Å². The van der Waals surface area contributed by atoms with Crippen molar-refractivity contribution in [2.24, 2.45) is 15.4 Å². The summed E-state index contributed by atoms with van der Waals surface area (Å²) in [5, 5.41) is 6.37. The summed E-state index contributed by atoms with van der Waals surface area (Å²) < 4.78 is 0. The Morgan fingerprint density at radius 2 is 1.89 bits per heavy atom. The second-order valence-electron chi connectivity index (χ2n) is 7.61.